The van der Waals surface area contributed by atoms with Crippen LogP contribution in [-0.4, -0.2) is 34.1 Å². The number of amides is 1. The van der Waals surface area contributed by atoms with E-state index in [2.05, 4.69) is 17.0 Å². The summed E-state index contributed by atoms with van der Waals surface area (Å²) in [5, 5.41) is 16.6. The predicted octanol–water partition coefficient (Wildman–Crippen LogP) is 3.96. The monoisotopic (exact) mass is 511 g/mol. The minimum atomic E-state index is -4.67. The Morgan fingerprint density at radius 1 is 1.28 bits per heavy atom. The highest BCUT2D eigenvalue weighted by Gasteiger charge is 2.51. The summed E-state index contributed by atoms with van der Waals surface area (Å²) in [5.74, 6) is -1.34. The zero-order valence-electron chi connectivity index (χ0n) is 20.3. The molecule has 0 saturated heterocycles. The second-order valence-electron chi connectivity index (χ2n) is 8.41. The second kappa shape index (κ2) is 11.0. The molecule has 1 aromatic heterocycles. The molecule has 2 rings (SSSR count). The molecule has 0 spiro atoms. The average molecular weight is 512 g/mol. The lowest BCUT2D eigenvalue weighted by molar-refractivity contribution is -0.205. The summed E-state index contributed by atoms with van der Waals surface area (Å²) in [7, 11) is 1.32. The van der Waals surface area contributed by atoms with Gasteiger partial charge in [0.2, 0.25) is 0 Å². The van der Waals surface area contributed by atoms with Gasteiger partial charge in [-0.2, -0.15) is 18.3 Å². The number of alkyl halides is 3. The van der Waals surface area contributed by atoms with Gasteiger partial charge in [0.1, 0.15) is 23.5 Å². The third-order valence-corrected chi connectivity index (χ3v) is 5.41. The Bertz CT molecular complexity index is 1180. The fourth-order valence-corrected chi connectivity index (χ4v) is 3.16. The molecule has 1 atom stereocenters. The number of benzene rings is 1. The Kier molecular flexibility index (Phi) is 8.70. The molecule has 0 fully saturated rings. The molecule has 1 aromatic carbocycles. The summed E-state index contributed by atoms with van der Waals surface area (Å²) in [6, 6.07) is 6.31. The van der Waals surface area contributed by atoms with Crippen LogP contribution in [0.5, 0.6) is 0 Å². The molecule has 0 aliphatic rings. The number of aliphatic hydroxyl groups is 1. The number of anilines is 1. The lowest BCUT2D eigenvalue weighted by Crippen LogP contribution is -2.43. The van der Waals surface area contributed by atoms with E-state index >= 15 is 0 Å². The number of carbonyl (C=O) groups excluding carboxylic acids is 1. The number of aliphatic hydroxyl groups excluding tert-OH is 1. The Hall–Kier alpha value is -3.64. The molecular weight excluding hydrogens is 482 g/mol. The van der Waals surface area contributed by atoms with Gasteiger partial charge >= 0.3 is 6.18 Å². The van der Waals surface area contributed by atoms with Crippen LogP contribution in [0.3, 0.4) is 0 Å². The zero-order valence-corrected chi connectivity index (χ0v) is 20.3. The number of nitrogens with one attached hydrogen (secondary N) is 1. The maximum absolute atomic E-state index is 13.6. The summed E-state index contributed by atoms with van der Waals surface area (Å²) in [6.07, 6.45) is -3.93. The van der Waals surface area contributed by atoms with Gasteiger partial charge < -0.3 is 26.6 Å². The largest absolute Gasteiger partial charge is 0.496 e. The van der Waals surface area contributed by atoms with Crippen molar-refractivity contribution in [2.75, 3.05) is 12.8 Å². The van der Waals surface area contributed by atoms with Crippen LogP contribution >= 0.6 is 0 Å². The number of nitrogen functional groups attached to an aromatic ring is 1. The van der Waals surface area contributed by atoms with Gasteiger partial charge in [-0.25, -0.2) is 9.07 Å². The van der Waals surface area contributed by atoms with E-state index in [1.807, 2.05) is 0 Å². The number of halogens is 4. The fraction of sp³-hybridized carbons (Fsp3) is 0.333. The summed E-state index contributed by atoms with van der Waals surface area (Å²) in [4.78, 5) is 12.4. The fourth-order valence-electron chi connectivity index (χ4n) is 3.16. The molecule has 196 valence electrons. The van der Waals surface area contributed by atoms with Gasteiger partial charge in [0.05, 0.1) is 24.1 Å². The number of allylic oxidation sites excluding steroid dienone is 3. The minimum absolute atomic E-state index is 0.00475. The first-order valence-corrected chi connectivity index (χ1v) is 10.7. The molecule has 0 radical (unpaired) electrons. The third kappa shape index (κ3) is 6.13. The van der Waals surface area contributed by atoms with Gasteiger partial charge in [-0.05, 0) is 38.5 Å². The van der Waals surface area contributed by atoms with Crippen LogP contribution in [0.25, 0.3) is 11.3 Å². The highest BCUT2D eigenvalue weighted by Crippen LogP contribution is 2.41. The van der Waals surface area contributed by atoms with E-state index in [0.717, 1.165) is 19.9 Å². The van der Waals surface area contributed by atoms with Crippen molar-refractivity contribution < 1.29 is 32.2 Å². The molecule has 6 N–H and O–H groups in total. The first-order chi connectivity index (χ1) is 16.6. The van der Waals surface area contributed by atoms with Crippen LogP contribution in [0.15, 0.2) is 60.2 Å². The van der Waals surface area contributed by atoms with Crippen molar-refractivity contribution in [3.05, 3.63) is 71.3 Å². The smallest absolute Gasteiger partial charge is 0.413 e. The van der Waals surface area contributed by atoms with Gasteiger partial charge in [-0.1, -0.05) is 30.8 Å². The summed E-state index contributed by atoms with van der Waals surface area (Å²) < 4.78 is 59.3. The standard InChI is InChI=1S/C24H29F4N5O3/c1-13(25)6-11-17(36-5)14(2)22(35)31-12-15-7-9-16(10-8-15)19-18(21(30)34)20(29)33(32-19)23(3,4)24(26,27)28/h6-11,21,34H,2,12,29-30H2,1,3-5H3,(H,31,35)/b13-6+,17-11+. The third-order valence-electron chi connectivity index (χ3n) is 5.41. The van der Waals surface area contributed by atoms with Crippen molar-refractivity contribution in [1.29, 1.82) is 0 Å². The van der Waals surface area contributed by atoms with Crippen LogP contribution in [0, 0.1) is 0 Å². The SMILES string of the molecule is C=C(C(=O)NCc1ccc(-c2nn(C(C)(C)C(F)(F)F)c(N)c2C(N)O)cc1)/C(=C\C=C(/C)F)OC. The summed E-state index contributed by atoms with van der Waals surface area (Å²) in [5.41, 5.74) is 9.86. The van der Waals surface area contributed by atoms with E-state index in [1.165, 1.54) is 20.1 Å². The number of methoxy groups -OCH3 is 1. The van der Waals surface area contributed by atoms with Crippen molar-refractivity contribution in [3.63, 3.8) is 0 Å². The minimum Gasteiger partial charge on any atom is -0.496 e. The van der Waals surface area contributed by atoms with E-state index in [0.29, 0.717) is 15.8 Å². The Labute approximate surface area is 205 Å². The molecule has 0 aliphatic heterocycles. The van der Waals surface area contributed by atoms with Crippen molar-refractivity contribution >= 4 is 11.7 Å². The summed E-state index contributed by atoms with van der Waals surface area (Å²) >= 11 is 0. The van der Waals surface area contributed by atoms with Gasteiger partial charge in [0, 0.05) is 12.1 Å². The molecule has 0 aliphatic carbocycles. The molecule has 0 saturated carbocycles. The number of ether oxygens (including phenoxy) is 1. The van der Waals surface area contributed by atoms with Crippen molar-refractivity contribution in [3.8, 4) is 11.3 Å². The van der Waals surface area contributed by atoms with Crippen LogP contribution in [-0.2, 0) is 21.6 Å². The zero-order chi connectivity index (χ0) is 27.4. The van der Waals surface area contributed by atoms with Gasteiger partial charge in [0.25, 0.3) is 5.91 Å². The quantitative estimate of drug-likeness (QED) is 0.133. The molecule has 36 heavy (non-hydrogen) atoms. The maximum Gasteiger partial charge on any atom is 0.413 e. The lowest BCUT2D eigenvalue weighted by Gasteiger charge is -2.29. The Balaban J connectivity index is 2.27. The molecule has 1 heterocycles. The van der Waals surface area contributed by atoms with Crippen molar-refractivity contribution in [2.45, 2.75) is 45.3 Å². The number of nitrogens with two attached hydrogens (primary N) is 2. The van der Waals surface area contributed by atoms with Crippen LogP contribution in [0.1, 0.15) is 38.1 Å². The number of aromatic nitrogens is 2. The molecule has 12 heteroatoms. The van der Waals surface area contributed by atoms with E-state index in [4.69, 9.17) is 16.2 Å². The van der Waals surface area contributed by atoms with Crippen molar-refractivity contribution in [2.24, 2.45) is 5.73 Å². The summed E-state index contributed by atoms with van der Waals surface area (Å²) in [6.45, 7) is 6.79. The van der Waals surface area contributed by atoms with E-state index in [1.54, 1.807) is 24.3 Å². The van der Waals surface area contributed by atoms with Gasteiger partial charge in [-0.3, -0.25) is 4.79 Å². The van der Waals surface area contributed by atoms with Gasteiger partial charge in [0.15, 0.2) is 5.54 Å². The first-order valence-electron chi connectivity index (χ1n) is 10.7. The highest BCUT2D eigenvalue weighted by atomic mass is 19.4. The predicted molar refractivity (Wildman–Crippen MR) is 128 cm³/mol. The number of carbonyl (C=O) groups is 1. The van der Waals surface area contributed by atoms with Crippen LogP contribution in [0.2, 0.25) is 0 Å². The second-order valence-corrected chi connectivity index (χ2v) is 8.41. The first kappa shape index (κ1) is 28.6. The highest BCUT2D eigenvalue weighted by molar-refractivity contribution is 5.96. The van der Waals surface area contributed by atoms with E-state index in [9.17, 15) is 27.5 Å². The molecule has 8 nitrogen and oxygen atoms in total. The Morgan fingerprint density at radius 3 is 2.33 bits per heavy atom. The van der Waals surface area contributed by atoms with Crippen LogP contribution < -0.4 is 16.8 Å². The molecule has 0 bridgehead atoms. The normalized spacial score (nSPS) is 13.9. The number of nitrogens with zero attached hydrogens (tertiary/aromatic N) is 2. The number of rotatable bonds is 9. The number of hydrogen-bond donors (Lipinski definition) is 4. The van der Waals surface area contributed by atoms with Crippen LogP contribution in [0.4, 0.5) is 23.4 Å². The number of hydrogen-bond acceptors (Lipinski definition) is 6. The lowest BCUT2D eigenvalue weighted by atomic mass is 10.0. The topological polar surface area (TPSA) is 128 Å². The van der Waals surface area contributed by atoms with E-state index in [-0.39, 0.29) is 29.1 Å². The molecule has 1 amide bonds. The maximum atomic E-state index is 13.6. The Morgan fingerprint density at radius 2 is 1.86 bits per heavy atom. The molecule has 2 aromatic rings. The molecule has 1 unspecified atom stereocenters. The molecular formula is C24H29F4N5O3. The van der Waals surface area contributed by atoms with E-state index < -0.39 is 35.5 Å². The average Bonchev–Trinajstić information content (AvgIpc) is 3.15. The van der Waals surface area contributed by atoms with Crippen molar-refractivity contribution in [1.82, 2.24) is 15.1 Å². The van der Waals surface area contributed by atoms with Gasteiger partial charge in [-0.15, -0.1) is 0 Å².